The van der Waals surface area contributed by atoms with Crippen molar-refractivity contribution >= 4 is 11.9 Å². The molecule has 9 heteroatoms. The number of anilines is 2. The van der Waals surface area contributed by atoms with Crippen LogP contribution >= 0.6 is 0 Å². The maximum Gasteiger partial charge on any atom is 0.258 e. The molecule has 0 saturated carbocycles. The number of rotatable bonds is 2. The van der Waals surface area contributed by atoms with Gasteiger partial charge < -0.3 is 15.7 Å². The average Bonchev–Trinajstić information content (AvgIpc) is 3.05. The lowest BCUT2D eigenvalue weighted by Crippen LogP contribution is -2.45. The highest BCUT2D eigenvalue weighted by Gasteiger charge is 2.41. The molecule has 0 aromatic carbocycles. The summed E-state index contributed by atoms with van der Waals surface area (Å²) in [5.41, 5.74) is 5.81. The van der Waals surface area contributed by atoms with Gasteiger partial charge in [0.05, 0.1) is 6.10 Å². The molecule has 2 aromatic rings. The molecule has 2 aliphatic heterocycles. The fourth-order valence-electron chi connectivity index (χ4n) is 3.37. The standard InChI is InChI=1S/C12H16N8O/c13-10-16-11(19-6-14-5-15-19)18-12(17-10)20-7-1-2-8(20)4-9(21)3-7/h5-9,21H,1-4H2,(H2,13,16,17,18). The molecule has 21 heavy (non-hydrogen) atoms. The number of aromatic nitrogens is 6. The van der Waals surface area contributed by atoms with Gasteiger partial charge in [0, 0.05) is 12.1 Å². The van der Waals surface area contributed by atoms with E-state index in [2.05, 4.69) is 29.9 Å². The molecule has 2 aliphatic rings. The minimum Gasteiger partial charge on any atom is -0.393 e. The molecule has 2 aromatic heterocycles. The molecule has 0 spiro atoms. The number of aliphatic hydroxyl groups excluding tert-OH is 1. The van der Waals surface area contributed by atoms with E-state index in [9.17, 15) is 5.11 Å². The molecular formula is C12H16N8O. The number of aliphatic hydroxyl groups is 1. The van der Waals surface area contributed by atoms with Crippen LogP contribution in [0.15, 0.2) is 12.7 Å². The van der Waals surface area contributed by atoms with Crippen LogP contribution in [0.2, 0.25) is 0 Å². The highest BCUT2D eigenvalue weighted by molar-refractivity contribution is 5.42. The van der Waals surface area contributed by atoms with Crippen molar-refractivity contribution in [2.24, 2.45) is 0 Å². The lowest BCUT2D eigenvalue weighted by molar-refractivity contribution is 0.125. The van der Waals surface area contributed by atoms with Crippen LogP contribution in [0.1, 0.15) is 25.7 Å². The van der Waals surface area contributed by atoms with E-state index in [4.69, 9.17) is 5.73 Å². The zero-order chi connectivity index (χ0) is 14.4. The van der Waals surface area contributed by atoms with E-state index < -0.39 is 0 Å². The molecule has 3 N–H and O–H groups in total. The number of nitrogen functional groups attached to an aromatic ring is 1. The summed E-state index contributed by atoms with van der Waals surface area (Å²) in [6.45, 7) is 0. The van der Waals surface area contributed by atoms with Crippen LogP contribution in [-0.2, 0) is 0 Å². The quantitative estimate of drug-likeness (QED) is 0.761. The number of piperidine rings is 1. The zero-order valence-corrected chi connectivity index (χ0v) is 11.4. The number of fused-ring (bicyclic) bond motifs is 2. The van der Waals surface area contributed by atoms with Gasteiger partial charge in [-0.15, -0.1) is 0 Å². The van der Waals surface area contributed by atoms with Crippen molar-refractivity contribution in [3.05, 3.63) is 12.7 Å². The summed E-state index contributed by atoms with van der Waals surface area (Å²) in [7, 11) is 0. The van der Waals surface area contributed by atoms with Crippen LogP contribution in [0.5, 0.6) is 0 Å². The third kappa shape index (κ3) is 2.09. The lowest BCUT2D eigenvalue weighted by Gasteiger charge is -2.37. The molecular weight excluding hydrogens is 272 g/mol. The molecule has 2 fully saturated rings. The predicted molar refractivity (Wildman–Crippen MR) is 73.7 cm³/mol. The SMILES string of the molecule is Nc1nc(N2C3CCC2CC(O)C3)nc(-n2cncn2)n1. The highest BCUT2D eigenvalue weighted by Crippen LogP contribution is 2.38. The van der Waals surface area contributed by atoms with Crippen LogP contribution in [0.4, 0.5) is 11.9 Å². The van der Waals surface area contributed by atoms with Gasteiger partial charge in [0.25, 0.3) is 5.95 Å². The second kappa shape index (κ2) is 4.62. The van der Waals surface area contributed by atoms with Crippen molar-refractivity contribution in [1.29, 1.82) is 0 Å². The Morgan fingerprint density at radius 2 is 1.81 bits per heavy atom. The van der Waals surface area contributed by atoms with E-state index in [1.54, 1.807) is 0 Å². The molecule has 9 nitrogen and oxygen atoms in total. The fourth-order valence-corrected chi connectivity index (χ4v) is 3.37. The fraction of sp³-hybridized carbons (Fsp3) is 0.583. The van der Waals surface area contributed by atoms with Crippen LogP contribution < -0.4 is 10.6 Å². The maximum absolute atomic E-state index is 9.89. The zero-order valence-electron chi connectivity index (χ0n) is 11.4. The van der Waals surface area contributed by atoms with Gasteiger partial charge in [-0.3, -0.25) is 0 Å². The topological polar surface area (TPSA) is 119 Å². The van der Waals surface area contributed by atoms with Crippen LogP contribution in [0.3, 0.4) is 0 Å². The van der Waals surface area contributed by atoms with Crippen molar-refractivity contribution in [3.8, 4) is 5.95 Å². The number of hydrogen-bond donors (Lipinski definition) is 2. The van der Waals surface area contributed by atoms with Crippen LogP contribution in [-0.4, -0.2) is 53.0 Å². The normalized spacial score (nSPS) is 28.0. The van der Waals surface area contributed by atoms with Crippen LogP contribution in [0, 0.1) is 0 Å². The van der Waals surface area contributed by atoms with Gasteiger partial charge in [0.2, 0.25) is 11.9 Å². The van der Waals surface area contributed by atoms with Crippen molar-refractivity contribution in [3.63, 3.8) is 0 Å². The van der Waals surface area contributed by atoms with Gasteiger partial charge in [-0.25, -0.2) is 4.98 Å². The number of nitrogens with two attached hydrogens (primary N) is 1. The largest absolute Gasteiger partial charge is 0.393 e. The molecule has 2 atom stereocenters. The smallest absolute Gasteiger partial charge is 0.258 e. The summed E-state index contributed by atoms with van der Waals surface area (Å²) < 4.78 is 1.46. The Hall–Kier alpha value is -2.29. The average molecular weight is 288 g/mol. The van der Waals surface area contributed by atoms with Crippen molar-refractivity contribution < 1.29 is 5.11 Å². The molecule has 4 heterocycles. The van der Waals surface area contributed by atoms with E-state index in [-0.39, 0.29) is 24.1 Å². The van der Waals surface area contributed by atoms with Gasteiger partial charge >= 0.3 is 0 Å². The Labute approximate surface area is 120 Å². The summed E-state index contributed by atoms with van der Waals surface area (Å²) in [5, 5.41) is 13.9. The molecule has 0 aliphatic carbocycles. The molecule has 2 bridgehead atoms. The number of nitrogens with zero attached hydrogens (tertiary/aromatic N) is 7. The summed E-state index contributed by atoms with van der Waals surface area (Å²) >= 11 is 0. The first-order chi connectivity index (χ1) is 10.2. The minimum absolute atomic E-state index is 0.163. The van der Waals surface area contributed by atoms with E-state index in [0.29, 0.717) is 11.9 Å². The van der Waals surface area contributed by atoms with Crippen molar-refractivity contribution in [2.45, 2.75) is 43.9 Å². The molecule has 2 unspecified atom stereocenters. The van der Waals surface area contributed by atoms with Crippen LogP contribution in [0.25, 0.3) is 5.95 Å². The Morgan fingerprint density at radius 3 is 2.48 bits per heavy atom. The van der Waals surface area contributed by atoms with E-state index in [0.717, 1.165) is 25.7 Å². The molecule has 4 rings (SSSR count). The van der Waals surface area contributed by atoms with E-state index in [1.165, 1.54) is 17.3 Å². The second-order valence-electron chi connectivity index (χ2n) is 5.55. The minimum atomic E-state index is -0.229. The first kappa shape index (κ1) is 12.5. The second-order valence-corrected chi connectivity index (χ2v) is 5.55. The van der Waals surface area contributed by atoms with Gasteiger partial charge in [-0.1, -0.05) is 0 Å². The predicted octanol–water partition coefficient (Wildman–Crippen LogP) is -0.473. The molecule has 2 saturated heterocycles. The van der Waals surface area contributed by atoms with Gasteiger partial charge in [0.1, 0.15) is 12.7 Å². The molecule has 110 valence electrons. The third-order valence-electron chi connectivity index (χ3n) is 4.19. The Kier molecular flexibility index (Phi) is 2.74. The van der Waals surface area contributed by atoms with E-state index >= 15 is 0 Å². The summed E-state index contributed by atoms with van der Waals surface area (Å²) in [6, 6.07) is 0.535. The summed E-state index contributed by atoms with van der Waals surface area (Å²) in [5.74, 6) is 1.09. The monoisotopic (exact) mass is 288 g/mol. The molecule has 0 radical (unpaired) electrons. The maximum atomic E-state index is 9.89. The van der Waals surface area contributed by atoms with Crippen molar-refractivity contribution in [1.82, 2.24) is 29.7 Å². The van der Waals surface area contributed by atoms with Gasteiger partial charge in [-0.05, 0) is 25.7 Å². The first-order valence-corrected chi connectivity index (χ1v) is 7.03. The lowest BCUT2D eigenvalue weighted by atomic mass is 10.0. The summed E-state index contributed by atoms with van der Waals surface area (Å²) in [6.07, 6.45) is 6.31. The van der Waals surface area contributed by atoms with E-state index in [1.807, 2.05) is 0 Å². The highest BCUT2D eigenvalue weighted by atomic mass is 16.3. The third-order valence-corrected chi connectivity index (χ3v) is 4.19. The van der Waals surface area contributed by atoms with Gasteiger partial charge in [0.15, 0.2) is 0 Å². The van der Waals surface area contributed by atoms with Crippen molar-refractivity contribution in [2.75, 3.05) is 10.6 Å². The summed E-state index contributed by atoms with van der Waals surface area (Å²) in [4.78, 5) is 18.9. The Morgan fingerprint density at radius 1 is 1.10 bits per heavy atom. The molecule has 0 amide bonds. The van der Waals surface area contributed by atoms with Gasteiger partial charge in [-0.2, -0.15) is 24.7 Å². The first-order valence-electron chi connectivity index (χ1n) is 7.03. The number of hydrogen-bond acceptors (Lipinski definition) is 8. The Bertz CT molecular complexity index is 631. The Balaban J connectivity index is 1.73.